The Morgan fingerprint density at radius 1 is 1.17 bits per heavy atom. The van der Waals surface area contributed by atoms with Crippen LogP contribution in [-0.2, 0) is 4.74 Å². The van der Waals surface area contributed by atoms with Gasteiger partial charge in [-0.2, -0.15) is 0 Å². The van der Waals surface area contributed by atoms with Gasteiger partial charge in [0.05, 0.1) is 17.9 Å². The summed E-state index contributed by atoms with van der Waals surface area (Å²) in [6.07, 6.45) is 5.23. The van der Waals surface area contributed by atoms with E-state index in [1.807, 2.05) is 43.5 Å². The molecule has 1 atom stereocenters. The third-order valence-corrected chi connectivity index (χ3v) is 4.77. The molecule has 114 valence electrons. The monoisotopic (exact) mass is 322 g/mol. The van der Waals surface area contributed by atoms with Crippen molar-refractivity contribution in [2.75, 3.05) is 6.54 Å². The molecule has 5 nitrogen and oxygen atoms in total. The topological polar surface area (TPSA) is 60.3 Å². The Morgan fingerprint density at radius 3 is 2.91 bits per heavy atom. The molecule has 3 aromatic heterocycles. The van der Waals surface area contributed by atoms with Crippen LogP contribution in [0.1, 0.15) is 22.4 Å². The first kappa shape index (κ1) is 14.0. The SMILES string of the molecule is Cc1nc(-c2cccnc2)sc1C1=NCC(c2ccccn2)O1. The van der Waals surface area contributed by atoms with Crippen molar-refractivity contribution in [3.63, 3.8) is 0 Å². The van der Waals surface area contributed by atoms with Crippen molar-refractivity contribution in [3.8, 4) is 10.6 Å². The van der Waals surface area contributed by atoms with E-state index in [0.717, 1.165) is 26.8 Å². The van der Waals surface area contributed by atoms with Crippen molar-refractivity contribution in [2.45, 2.75) is 13.0 Å². The summed E-state index contributed by atoms with van der Waals surface area (Å²) >= 11 is 1.58. The molecular formula is C17H14N4OS. The third-order valence-electron chi connectivity index (χ3n) is 3.57. The fraction of sp³-hybridized carbons (Fsp3) is 0.176. The molecule has 1 unspecified atom stereocenters. The highest BCUT2D eigenvalue weighted by molar-refractivity contribution is 7.17. The van der Waals surface area contributed by atoms with Gasteiger partial charge in [0.2, 0.25) is 5.90 Å². The Bertz CT molecular complexity index is 846. The van der Waals surface area contributed by atoms with E-state index < -0.39 is 0 Å². The summed E-state index contributed by atoms with van der Waals surface area (Å²) in [5, 5.41) is 0.929. The Kier molecular flexibility index (Phi) is 3.59. The van der Waals surface area contributed by atoms with Crippen molar-refractivity contribution in [1.82, 2.24) is 15.0 Å². The van der Waals surface area contributed by atoms with E-state index in [1.54, 1.807) is 23.7 Å². The average Bonchev–Trinajstić information content (AvgIpc) is 3.23. The van der Waals surface area contributed by atoms with Gasteiger partial charge in [0.25, 0.3) is 0 Å². The number of thiazole rings is 1. The molecule has 1 aliphatic rings. The molecule has 0 saturated heterocycles. The van der Waals surface area contributed by atoms with Crippen molar-refractivity contribution in [1.29, 1.82) is 0 Å². The van der Waals surface area contributed by atoms with Crippen LogP contribution in [-0.4, -0.2) is 27.4 Å². The molecule has 0 N–H and O–H groups in total. The van der Waals surface area contributed by atoms with Crippen LogP contribution in [0.3, 0.4) is 0 Å². The summed E-state index contributed by atoms with van der Waals surface area (Å²) in [7, 11) is 0. The molecule has 0 saturated carbocycles. The molecule has 6 heteroatoms. The van der Waals surface area contributed by atoms with Crippen LogP contribution >= 0.6 is 11.3 Å². The quantitative estimate of drug-likeness (QED) is 0.741. The van der Waals surface area contributed by atoms with E-state index >= 15 is 0 Å². The first-order valence-electron chi connectivity index (χ1n) is 7.31. The molecular weight excluding hydrogens is 308 g/mol. The first-order chi connectivity index (χ1) is 11.3. The zero-order chi connectivity index (χ0) is 15.6. The summed E-state index contributed by atoms with van der Waals surface area (Å²) in [6, 6.07) is 9.73. The predicted octanol–water partition coefficient (Wildman–Crippen LogP) is 3.43. The van der Waals surface area contributed by atoms with Gasteiger partial charge in [-0.15, -0.1) is 11.3 Å². The molecule has 0 aromatic carbocycles. The summed E-state index contributed by atoms with van der Waals surface area (Å²) in [4.78, 5) is 18.6. The van der Waals surface area contributed by atoms with Crippen LogP contribution in [0.15, 0.2) is 53.9 Å². The molecule has 4 heterocycles. The second-order valence-corrected chi connectivity index (χ2v) is 6.18. The Hall–Kier alpha value is -2.60. The number of ether oxygens (including phenoxy) is 1. The zero-order valence-corrected chi connectivity index (χ0v) is 13.3. The highest BCUT2D eigenvalue weighted by atomic mass is 32.1. The lowest BCUT2D eigenvalue weighted by molar-refractivity contribution is 0.225. The Balaban J connectivity index is 1.59. The summed E-state index contributed by atoms with van der Waals surface area (Å²) in [6.45, 7) is 2.57. The van der Waals surface area contributed by atoms with Gasteiger partial charge in [-0.1, -0.05) is 6.07 Å². The number of pyridine rings is 2. The van der Waals surface area contributed by atoms with E-state index in [0.29, 0.717) is 12.4 Å². The predicted molar refractivity (Wildman–Crippen MR) is 89.5 cm³/mol. The van der Waals surface area contributed by atoms with Crippen LogP contribution < -0.4 is 0 Å². The van der Waals surface area contributed by atoms with Gasteiger partial charge >= 0.3 is 0 Å². The standard InChI is InChI=1S/C17H14N4OS/c1-11-15(23-17(21-11)12-5-4-7-18-9-12)16-20-10-14(22-16)13-6-2-3-8-19-13/h2-9,14H,10H2,1H3. The van der Waals surface area contributed by atoms with Gasteiger partial charge in [0.1, 0.15) is 9.88 Å². The molecule has 0 amide bonds. The van der Waals surface area contributed by atoms with Crippen LogP contribution in [0.2, 0.25) is 0 Å². The second-order valence-electron chi connectivity index (χ2n) is 5.18. The van der Waals surface area contributed by atoms with Gasteiger partial charge in [-0.05, 0) is 31.2 Å². The minimum atomic E-state index is -0.116. The van der Waals surface area contributed by atoms with Gasteiger partial charge in [0, 0.05) is 24.2 Å². The summed E-state index contributed by atoms with van der Waals surface area (Å²) in [5.74, 6) is 0.658. The zero-order valence-electron chi connectivity index (χ0n) is 12.5. The van der Waals surface area contributed by atoms with Gasteiger partial charge in [-0.3, -0.25) is 9.97 Å². The number of rotatable bonds is 3. The minimum absolute atomic E-state index is 0.116. The molecule has 1 aliphatic heterocycles. The van der Waals surface area contributed by atoms with E-state index in [1.165, 1.54) is 0 Å². The average molecular weight is 322 g/mol. The molecule has 0 aliphatic carbocycles. The number of hydrogen-bond acceptors (Lipinski definition) is 6. The molecule has 0 fully saturated rings. The maximum atomic E-state index is 6.01. The maximum Gasteiger partial charge on any atom is 0.229 e. The third kappa shape index (κ3) is 2.73. The highest BCUT2D eigenvalue weighted by Gasteiger charge is 2.26. The Morgan fingerprint density at radius 2 is 2.13 bits per heavy atom. The molecule has 4 rings (SSSR count). The molecule has 3 aromatic rings. The van der Waals surface area contributed by atoms with Crippen LogP contribution in [0.25, 0.3) is 10.6 Å². The second kappa shape index (κ2) is 5.89. The molecule has 0 bridgehead atoms. The summed E-state index contributed by atoms with van der Waals surface area (Å²) in [5.41, 5.74) is 2.84. The molecule has 0 spiro atoms. The lowest BCUT2D eigenvalue weighted by atomic mass is 10.2. The fourth-order valence-corrected chi connectivity index (χ4v) is 3.44. The number of hydrogen-bond donors (Lipinski definition) is 0. The molecule has 23 heavy (non-hydrogen) atoms. The molecule has 0 radical (unpaired) electrons. The summed E-state index contributed by atoms with van der Waals surface area (Å²) < 4.78 is 6.01. The smallest absolute Gasteiger partial charge is 0.229 e. The van der Waals surface area contributed by atoms with E-state index in [-0.39, 0.29) is 6.10 Å². The van der Waals surface area contributed by atoms with Crippen LogP contribution in [0.4, 0.5) is 0 Å². The fourth-order valence-electron chi connectivity index (χ4n) is 2.43. The Labute approximate surface area is 137 Å². The van der Waals surface area contributed by atoms with Gasteiger partial charge < -0.3 is 4.74 Å². The highest BCUT2D eigenvalue weighted by Crippen LogP contribution is 2.31. The van der Waals surface area contributed by atoms with E-state index in [4.69, 9.17) is 4.74 Å². The van der Waals surface area contributed by atoms with Gasteiger partial charge in [-0.25, -0.2) is 9.98 Å². The van der Waals surface area contributed by atoms with Crippen molar-refractivity contribution in [2.24, 2.45) is 4.99 Å². The maximum absolute atomic E-state index is 6.01. The van der Waals surface area contributed by atoms with E-state index in [9.17, 15) is 0 Å². The van der Waals surface area contributed by atoms with Gasteiger partial charge in [0.15, 0.2) is 6.10 Å². The lowest BCUT2D eigenvalue weighted by Crippen LogP contribution is -2.07. The number of nitrogens with zero attached hydrogens (tertiary/aromatic N) is 4. The van der Waals surface area contributed by atoms with Crippen molar-refractivity contribution in [3.05, 3.63) is 65.2 Å². The number of aromatic nitrogens is 3. The first-order valence-corrected chi connectivity index (χ1v) is 8.13. The van der Waals surface area contributed by atoms with Crippen molar-refractivity contribution >= 4 is 17.2 Å². The number of aryl methyl sites for hydroxylation is 1. The lowest BCUT2D eigenvalue weighted by Gasteiger charge is -2.09. The number of aliphatic imine (C=N–C) groups is 1. The largest absolute Gasteiger partial charge is 0.465 e. The van der Waals surface area contributed by atoms with Crippen molar-refractivity contribution < 1.29 is 4.74 Å². The van der Waals surface area contributed by atoms with Crippen LogP contribution in [0, 0.1) is 6.92 Å². The minimum Gasteiger partial charge on any atom is -0.465 e. The van der Waals surface area contributed by atoms with E-state index in [2.05, 4.69) is 19.9 Å². The normalized spacial score (nSPS) is 16.9. The van der Waals surface area contributed by atoms with Crippen LogP contribution in [0.5, 0.6) is 0 Å².